The minimum atomic E-state index is -0.112. The third-order valence-electron chi connectivity index (χ3n) is 3.99. The Balaban J connectivity index is 1.91. The number of aryl methyl sites for hydroxylation is 1. The van der Waals surface area contributed by atoms with E-state index in [1.807, 2.05) is 25.1 Å². The van der Waals surface area contributed by atoms with Gasteiger partial charge in [-0.25, -0.2) is 5.43 Å². The molecule has 1 N–H and O–H groups in total. The lowest BCUT2D eigenvalue weighted by Gasteiger charge is -2.10. The van der Waals surface area contributed by atoms with Gasteiger partial charge in [-0.15, -0.1) is 11.8 Å². The Kier molecular flexibility index (Phi) is 8.20. The summed E-state index contributed by atoms with van der Waals surface area (Å²) in [6, 6.07) is 13.9. The van der Waals surface area contributed by atoms with Gasteiger partial charge in [-0.1, -0.05) is 36.8 Å². The van der Waals surface area contributed by atoms with E-state index in [0.717, 1.165) is 17.0 Å². The van der Waals surface area contributed by atoms with Crippen molar-refractivity contribution >= 4 is 23.4 Å². The highest BCUT2D eigenvalue weighted by Crippen LogP contribution is 2.28. The Bertz CT molecular complexity index is 789. The fourth-order valence-corrected chi connectivity index (χ4v) is 3.25. The van der Waals surface area contributed by atoms with E-state index in [1.165, 1.54) is 11.1 Å². The van der Waals surface area contributed by atoms with Crippen molar-refractivity contribution < 1.29 is 14.3 Å². The molecule has 0 fully saturated rings. The Morgan fingerprint density at radius 3 is 2.41 bits per heavy atom. The van der Waals surface area contributed by atoms with Crippen molar-refractivity contribution in [1.29, 1.82) is 0 Å². The Morgan fingerprint density at radius 2 is 1.78 bits per heavy atom. The number of methoxy groups -OCH3 is 2. The fourth-order valence-electron chi connectivity index (χ4n) is 2.47. The highest BCUT2D eigenvalue weighted by Gasteiger charge is 2.09. The molecule has 0 radical (unpaired) electrons. The molecule has 1 amide bonds. The molecular formula is C21H26N2O3S. The highest BCUT2D eigenvalue weighted by atomic mass is 32.2. The van der Waals surface area contributed by atoms with Crippen LogP contribution in [-0.2, 0) is 10.5 Å². The standard InChI is InChI=1S/C21H26N2O3S/c1-5-18(17-10-11-19(25-3)20(12-17)26-4)22-23-21(24)14-27-13-16-8-6-15(2)7-9-16/h6-12H,5,13-14H2,1-4H3,(H,23,24)/b22-18+. The molecule has 2 aromatic carbocycles. The second-order valence-corrected chi connectivity index (χ2v) is 6.98. The van der Waals surface area contributed by atoms with Gasteiger partial charge < -0.3 is 9.47 Å². The first-order valence-corrected chi connectivity index (χ1v) is 9.94. The summed E-state index contributed by atoms with van der Waals surface area (Å²) in [5, 5.41) is 4.29. The number of hydrogen-bond donors (Lipinski definition) is 1. The molecule has 27 heavy (non-hydrogen) atoms. The average molecular weight is 387 g/mol. The third kappa shape index (κ3) is 6.32. The first kappa shape index (κ1) is 20.8. The molecule has 0 saturated heterocycles. The van der Waals surface area contributed by atoms with E-state index in [4.69, 9.17) is 9.47 Å². The molecule has 0 atom stereocenters. The predicted octanol–water partition coefficient (Wildman–Crippen LogP) is 4.18. The van der Waals surface area contributed by atoms with Gasteiger partial charge in [-0.05, 0) is 37.1 Å². The molecule has 0 heterocycles. The third-order valence-corrected chi connectivity index (χ3v) is 4.99. The summed E-state index contributed by atoms with van der Waals surface area (Å²) in [5.41, 5.74) is 6.77. The van der Waals surface area contributed by atoms with Crippen LogP contribution in [0.25, 0.3) is 0 Å². The second-order valence-electron chi connectivity index (χ2n) is 6.00. The van der Waals surface area contributed by atoms with Gasteiger partial charge in [0, 0.05) is 11.3 Å². The van der Waals surface area contributed by atoms with Gasteiger partial charge in [0.1, 0.15) is 0 Å². The second kappa shape index (κ2) is 10.6. The summed E-state index contributed by atoms with van der Waals surface area (Å²) in [6.45, 7) is 4.06. The zero-order chi connectivity index (χ0) is 19.6. The molecule has 0 bridgehead atoms. The number of nitrogens with one attached hydrogen (secondary N) is 1. The van der Waals surface area contributed by atoms with Crippen LogP contribution in [0.3, 0.4) is 0 Å². The van der Waals surface area contributed by atoms with E-state index in [9.17, 15) is 4.79 Å². The van der Waals surface area contributed by atoms with Crippen LogP contribution in [-0.4, -0.2) is 31.6 Å². The molecule has 0 unspecified atom stereocenters. The minimum Gasteiger partial charge on any atom is -0.493 e. The SMILES string of the molecule is CC/C(=N\NC(=O)CSCc1ccc(C)cc1)c1ccc(OC)c(OC)c1. The van der Waals surface area contributed by atoms with Crippen molar-refractivity contribution in [1.82, 2.24) is 5.43 Å². The largest absolute Gasteiger partial charge is 0.493 e. The van der Waals surface area contributed by atoms with Gasteiger partial charge in [-0.2, -0.15) is 5.10 Å². The maximum absolute atomic E-state index is 12.1. The van der Waals surface area contributed by atoms with Crippen molar-refractivity contribution in [3.63, 3.8) is 0 Å². The number of hydrogen-bond acceptors (Lipinski definition) is 5. The number of amides is 1. The van der Waals surface area contributed by atoms with Crippen molar-refractivity contribution in [3.05, 3.63) is 59.2 Å². The van der Waals surface area contributed by atoms with Gasteiger partial charge in [0.15, 0.2) is 11.5 Å². The van der Waals surface area contributed by atoms with Gasteiger partial charge in [-0.3, -0.25) is 4.79 Å². The molecule has 0 aliphatic carbocycles. The van der Waals surface area contributed by atoms with Crippen molar-refractivity contribution in [2.45, 2.75) is 26.0 Å². The number of nitrogens with zero attached hydrogens (tertiary/aromatic N) is 1. The lowest BCUT2D eigenvalue weighted by Crippen LogP contribution is -2.21. The zero-order valence-corrected chi connectivity index (χ0v) is 17.1. The average Bonchev–Trinajstić information content (AvgIpc) is 2.69. The molecule has 2 rings (SSSR count). The summed E-state index contributed by atoms with van der Waals surface area (Å²) < 4.78 is 10.6. The van der Waals surface area contributed by atoms with Crippen LogP contribution >= 0.6 is 11.8 Å². The molecule has 0 aromatic heterocycles. The normalized spacial score (nSPS) is 11.2. The summed E-state index contributed by atoms with van der Waals surface area (Å²) >= 11 is 1.57. The van der Waals surface area contributed by atoms with Crippen LogP contribution in [0.1, 0.15) is 30.0 Å². The maximum atomic E-state index is 12.1. The number of rotatable bonds is 9. The molecule has 144 valence electrons. The smallest absolute Gasteiger partial charge is 0.250 e. The topological polar surface area (TPSA) is 59.9 Å². The van der Waals surface area contributed by atoms with Crippen LogP contribution in [0.15, 0.2) is 47.6 Å². The summed E-state index contributed by atoms with van der Waals surface area (Å²) in [5.74, 6) is 2.34. The molecule has 0 spiro atoms. The molecule has 0 saturated carbocycles. The lowest BCUT2D eigenvalue weighted by molar-refractivity contribution is -0.118. The van der Waals surface area contributed by atoms with Crippen LogP contribution in [0, 0.1) is 6.92 Å². The number of ether oxygens (including phenoxy) is 2. The lowest BCUT2D eigenvalue weighted by atomic mass is 10.1. The minimum absolute atomic E-state index is 0.112. The van der Waals surface area contributed by atoms with E-state index in [0.29, 0.717) is 23.7 Å². The van der Waals surface area contributed by atoms with Crippen LogP contribution < -0.4 is 14.9 Å². The summed E-state index contributed by atoms with van der Waals surface area (Å²) in [7, 11) is 3.19. The van der Waals surface area contributed by atoms with Gasteiger partial charge in [0.2, 0.25) is 5.91 Å². The molecule has 2 aromatic rings. The van der Waals surface area contributed by atoms with Crippen molar-refractivity contribution in [3.8, 4) is 11.5 Å². The van der Waals surface area contributed by atoms with Crippen molar-refractivity contribution in [2.24, 2.45) is 5.10 Å². The number of carbonyl (C=O) groups is 1. The van der Waals surface area contributed by atoms with Crippen LogP contribution in [0.4, 0.5) is 0 Å². The molecule has 0 aliphatic heterocycles. The molecule has 5 nitrogen and oxygen atoms in total. The summed E-state index contributed by atoms with van der Waals surface area (Å²) in [4.78, 5) is 12.1. The van der Waals surface area contributed by atoms with Crippen molar-refractivity contribution in [2.75, 3.05) is 20.0 Å². The van der Waals surface area contributed by atoms with E-state index in [2.05, 4.69) is 41.7 Å². The number of thioether (sulfide) groups is 1. The van der Waals surface area contributed by atoms with E-state index in [1.54, 1.807) is 26.0 Å². The predicted molar refractivity (Wildman–Crippen MR) is 112 cm³/mol. The monoisotopic (exact) mass is 386 g/mol. The Morgan fingerprint density at radius 1 is 1.07 bits per heavy atom. The molecule has 6 heteroatoms. The zero-order valence-electron chi connectivity index (χ0n) is 16.2. The van der Waals surface area contributed by atoms with E-state index in [-0.39, 0.29) is 5.91 Å². The summed E-state index contributed by atoms with van der Waals surface area (Å²) in [6.07, 6.45) is 0.687. The first-order valence-electron chi connectivity index (χ1n) is 8.78. The van der Waals surface area contributed by atoms with E-state index >= 15 is 0 Å². The van der Waals surface area contributed by atoms with Gasteiger partial charge in [0.05, 0.1) is 25.7 Å². The Labute approximate surface area is 165 Å². The number of benzene rings is 2. The number of hydrazone groups is 1. The maximum Gasteiger partial charge on any atom is 0.250 e. The van der Waals surface area contributed by atoms with Crippen LogP contribution in [0.5, 0.6) is 11.5 Å². The molecule has 0 aliphatic rings. The van der Waals surface area contributed by atoms with Crippen LogP contribution in [0.2, 0.25) is 0 Å². The number of carbonyl (C=O) groups excluding carboxylic acids is 1. The van der Waals surface area contributed by atoms with Gasteiger partial charge >= 0.3 is 0 Å². The van der Waals surface area contributed by atoms with E-state index < -0.39 is 0 Å². The van der Waals surface area contributed by atoms with Gasteiger partial charge in [0.25, 0.3) is 0 Å². The molecular weight excluding hydrogens is 360 g/mol. The quantitative estimate of drug-likeness (QED) is 0.519. The fraction of sp³-hybridized carbons (Fsp3) is 0.333. The highest BCUT2D eigenvalue weighted by molar-refractivity contribution is 7.99. The first-order chi connectivity index (χ1) is 13.1. The Hall–Kier alpha value is -2.47.